The fraction of sp³-hybridized carbons (Fsp3) is 0.200. The molecule has 122 valence electrons. The molecule has 0 radical (unpaired) electrons. The Morgan fingerprint density at radius 2 is 1.62 bits per heavy atom. The van der Waals surface area contributed by atoms with Gasteiger partial charge in [-0.1, -0.05) is 29.0 Å². The van der Waals surface area contributed by atoms with Crippen LogP contribution in [0.3, 0.4) is 0 Å². The van der Waals surface area contributed by atoms with Gasteiger partial charge in [0.15, 0.2) is 0 Å². The summed E-state index contributed by atoms with van der Waals surface area (Å²) in [5.74, 6) is 5.66. The molecular formula is C20H20N2O2. The Morgan fingerprint density at radius 1 is 1.00 bits per heavy atom. The fourth-order valence-electron chi connectivity index (χ4n) is 2.32. The van der Waals surface area contributed by atoms with Gasteiger partial charge in [0.05, 0.1) is 6.54 Å². The lowest BCUT2D eigenvalue weighted by Crippen LogP contribution is -2.23. The maximum Gasteiger partial charge on any atom is 0.252 e. The monoisotopic (exact) mass is 320 g/mol. The topological polar surface area (TPSA) is 58.2 Å². The van der Waals surface area contributed by atoms with E-state index in [1.54, 1.807) is 12.1 Å². The zero-order valence-corrected chi connectivity index (χ0v) is 14.1. The van der Waals surface area contributed by atoms with Crippen molar-refractivity contribution in [3.63, 3.8) is 0 Å². The first-order valence-corrected chi connectivity index (χ1v) is 7.67. The summed E-state index contributed by atoms with van der Waals surface area (Å²) in [6.07, 6.45) is 0. The summed E-state index contributed by atoms with van der Waals surface area (Å²) in [4.78, 5) is 23.0. The molecule has 0 spiro atoms. The Labute approximate surface area is 142 Å². The molecule has 2 rings (SSSR count). The maximum absolute atomic E-state index is 12.1. The van der Waals surface area contributed by atoms with Crippen molar-refractivity contribution in [2.24, 2.45) is 0 Å². The van der Waals surface area contributed by atoms with Crippen LogP contribution in [0.15, 0.2) is 42.5 Å². The molecule has 0 heterocycles. The highest BCUT2D eigenvalue weighted by Gasteiger charge is 2.04. The van der Waals surface area contributed by atoms with Crippen LogP contribution in [-0.4, -0.2) is 18.4 Å². The van der Waals surface area contributed by atoms with Crippen molar-refractivity contribution in [3.05, 3.63) is 64.7 Å². The number of benzene rings is 2. The minimum atomic E-state index is -0.128. The SMILES string of the molecule is CC(=O)Nc1ccc(C#CCNC(=O)c2cc(C)cc(C)c2)cc1. The van der Waals surface area contributed by atoms with Gasteiger partial charge in [0.25, 0.3) is 5.91 Å². The maximum atomic E-state index is 12.1. The first kappa shape index (κ1) is 17.3. The zero-order chi connectivity index (χ0) is 17.5. The number of anilines is 1. The Bertz CT molecular complexity index is 792. The summed E-state index contributed by atoms with van der Waals surface area (Å²) in [6, 6.07) is 13.0. The number of nitrogens with one attached hydrogen (secondary N) is 2. The molecule has 4 heteroatoms. The van der Waals surface area contributed by atoms with Crippen LogP contribution in [-0.2, 0) is 4.79 Å². The van der Waals surface area contributed by atoms with Crippen molar-refractivity contribution in [3.8, 4) is 11.8 Å². The minimum absolute atomic E-state index is 0.108. The Morgan fingerprint density at radius 3 is 2.21 bits per heavy atom. The van der Waals surface area contributed by atoms with E-state index in [9.17, 15) is 9.59 Å². The van der Waals surface area contributed by atoms with Gasteiger partial charge in [-0.15, -0.1) is 0 Å². The summed E-state index contributed by atoms with van der Waals surface area (Å²) >= 11 is 0. The Balaban J connectivity index is 1.91. The van der Waals surface area contributed by atoms with Gasteiger partial charge < -0.3 is 10.6 Å². The first-order chi connectivity index (χ1) is 11.4. The summed E-state index contributed by atoms with van der Waals surface area (Å²) in [5.41, 5.74) is 4.32. The summed E-state index contributed by atoms with van der Waals surface area (Å²) in [6.45, 7) is 5.67. The number of rotatable bonds is 3. The molecule has 0 saturated carbocycles. The second-order valence-corrected chi connectivity index (χ2v) is 5.62. The molecule has 0 aromatic heterocycles. The van der Waals surface area contributed by atoms with Gasteiger partial charge in [-0.25, -0.2) is 0 Å². The third kappa shape index (κ3) is 5.29. The molecule has 0 unspecified atom stereocenters. The van der Waals surface area contributed by atoms with Gasteiger partial charge in [0, 0.05) is 23.7 Å². The lowest BCUT2D eigenvalue weighted by molar-refractivity contribution is -0.114. The van der Waals surface area contributed by atoms with Crippen LogP contribution in [0.2, 0.25) is 0 Å². The van der Waals surface area contributed by atoms with E-state index in [0.717, 1.165) is 22.4 Å². The van der Waals surface area contributed by atoms with Gasteiger partial charge in [0.2, 0.25) is 5.91 Å². The molecule has 0 atom stereocenters. The highest BCUT2D eigenvalue weighted by Crippen LogP contribution is 2.09. The number of hydrogen-bond donors (Lipinski definition) is 2. The fourth-order valence-corrected chi connectivity index (χ4v) is 2.32. The standard InChI is InChI=1S/C20H20N2O2/c1-14-11-15(2)13-18(12-14)20(24)21-10-4-5-17-6-8-19(9-7-17)22-16(3)23/h6-9,11-13H,10H2,1-3H3,(H,21,24)(H,22,23). The van der Waals surface area contributed by atoms with Gasteiger partial charge in [-0.3, -0.25) is 9.59 Å². The molecular weight excluding hydrogens is 300 g/mol. The smallest absolute Gasteiger partial charge is 0.252 e. The van der Waals surface area contributed by atoms with Crippen LogP contribution in [0, 0.1) is 25.7 Å². The minimum Gasteiger partial charge on any atom is -0.341 e. The van der Waals surface area contributed by atoms with Crippen LogP contribution >= 0.6 is 0 Å². The van der Waals surface area contributed by atoms with Crippen molar-refractivity contribution in [1.29, 1.82) is 0 Å². The number of carbonyl (C=O) groups is 2. The second kappa shape index (κ2) is 7.98. The van der Waals surface area contributed by atoms with Crippen LogP contribution in [0.25, 0.3) is 0 Å². The Kier molecular flexibility index (Phi) is 5.75. The number of carbonyl (C=O) groups excluding carboxylic acids is 2. The molecule has 24 heavy (non-hydrogen) atoms. The highest BCUT2D eigenvalue weighted by atomic mass is 16.2. The van der Waals surface area contributed by atoms with Crippen molar-refractivity contribution in [2.45, 2.75) is 20.8 Å². The molecule has 0 fully saturated rings. The van der Waals surface area contributed by atoms with Crippen LogP contribution < -0.4 is 10.6 Å². The lowest BCUT2D eigenvalue weighted by Gasteiger charge is -2.04. The van der Waals surface area contributed by atoms with Crippen LogP contribution in [0.1, 0.15) is 34.0 Å². The van der Waals surface area contributed by atoms with E-state index in [1.807, 2.05) is 44.2 Å². The molecule has 2 aromatic rings. The number of amides is 2. The van der Waals surface area contributed by atoms with E-state index < -0.39 is 0 Å². The summed E-state index contributed by atoms with van der Waals surface area (Å²) in [7, 11) is 0. The zero-order valence-electron chi connectivity index (χ0n) is 14.1. The van der Waals surface area contributed by atoms with Gasteiger partial charge in [-0.2, -0.15) is 0 Å². The van der Waals surface area contributed by atoms with Crippen molar-refractivity contribution in [1.82, 2.24) is 5.32 Å². The van der Waals surface area contributed by atoms with E-state index >= 15 is 0 Å². The lowest BCUT2D eigenvalue weighted by atomic mass is 10.1. The van der Waals surface area contributed by atoms with Crippen LogP contribution in [0.5, 0.6) is 0 Å². The molecule has 2 aromatic carbocycles. The molecule has 0 saturated heterocycles. The quantitative estimate of drug-likeness (QED) is 0.854. The number of hydrogen-bond acceptors (Lipinski definition) is 2. The molecule has 0 aliphatic carbocycles. The van der Waals surface area contributed by atoms with Crippen molar-refractivity contribution >= 4 is 17.5 Å². The van der Waals surface area contributed by atoms with Crippen LogP contribution in [0.4, 0.5) is 5.69 Å². The third-order valence-corrected chi connectivity index (χ3v) is 3.26. The summed E-state index contributed by atoms with van der Waals surface area (Å²) in [5, 5.41) is 5.49. The van der Waals surface area contributed by atoms with Gasteiger partial charge in [0.1, 0.15) is 0 Å². The highest BCUT2D eigenvalue weighted by molar-refractivity contribution is 5.94. The molecule has 0 aliphatic rings. The molecule has 2 N–H and O–H groups in total. The Hall–Kier alpha value is -3.06. The largest absolute Gasteiger partial charge is 0.341 e. The van der Waals surface area contributed by atoms with E-state index in [-0.39, 0.29) is 18.4 Å². The number of aryl methyl sites for hydroxylation is 2. The van der Waals surface area contributed by atoms with E-state index in [4.69, 9.17) is 0 Å². The summed E-state index contributed by atoms with van der Waals surface area (Å²) < 4.78 is 0. The second-order valence-electron chi connectivity index (χ2n) is 5.62. The molecule has 0 aliphatic heterocycles. The first-order valence-electron chi connectivity index (χ1n) is 7.67. The van der Waals surface area contributed by atoms with E-state index in [1.165, 1.54) is 6.92 Å². The third-order valence-electron chi connectivity index (χ3n) is 3.26. The van der Waals surface area contributed by atoms with Gasteiger partial charge >= 0.3 is 0 Å². The predicted molar refractivity (Wildman–Crippen MR) is 95.9 cm³/mol. The average Bonchev–Trinajstić information content (AvgIpc) is 2.51. The molecule has 0 bridgehead atoms. The molecule has 2 amide bonds. The van der Waals surface area contributed by atoms with Gasteiger partial charge in [-0.05, 0) is 50.2 Å². The van der Waals surface area contributed by atoms with Crippen molar-refractivity contribution < 1.29 is 9.59 Å². The van der Waals surface area contributed by atoms with E-state index in [0.29, 0.717) is 5.56 Å². The molecule has 4 nitrogen and oxygen atoms in total. The normalized spacial score (nSPS) is 9.62. The average molecular weight is 320 g/mol. The van der Waals surface area contributed by atoms with E-state index in [2.05, 4.69) is 22.5 Å². The predicted octanol–water partition coefficient (Wildman–Crippen LogP) is 3.04. The van der Waals surface area contributed by atoms with Crippen molar-refractivity contribution in [2.75, 3.05) is 11.9 Å².